The molecule has 0 aliphatic rings. The van der Waals surface area contributed by atoms with Crippen molar-refractivity contribution in [3.8, 4) is 5.75 Å². The van der Waals surface area contributed by atoms with E-state index >= 15 is 0 Å². The van der Waals surface area contributed by atoms with Gasteiger partial charge in [0.25, 0.3) is 0 Å². The van der Waals surface area contributed by atoms with Crippen LogP contribution in [0.4, 0.5) is 5.13 Å². The van der Waals surface area contributed by atoms with Crippen LogP contribution >= 0.6 is 22.9 Å². The number of thiazole rings is 1. The number of nitrogen functional groups attached to an aromatic ring is 1. The Bertz CT molecular complexity index is 836. The standard InChI is InChI=1S/C10H9ClN2S.C7H6O3/c11-9-4-2-1-3-8(9)7-13-5-6-14-10(13)12;8-6-4-2-1-3-5(6)7(9)10/h1-6,12H,7H2;1-4,8H,(H,9,10)/p+1. The highest BCUT2D eigenvalue weighted by molar-refractivity contribution is 7.12. The molecule has 0 saturated carbocycles. The number of halogens is 1. The second-order valence-corrected chi connectivity index (χ2v) is 6.12. The largest absolute Gasteiger partial charge is 0.507 e. The molecule has 2 aromatic carbocycles. The van der Waals surface area contributed by atoms with E-state index in [2.05, 4.69) is 0 Å². The second-order valence-electron chi connectivity index (χ2n) is 4.78. The summed E-state index contributed by atoms with van der Waals surface area (Å²) >= 11 is 7.57. The fraction of sp³-hybridized carbons (Fsp3) is 0.0588. The summed E-state index contributed by atoms with van der Waals surface area (Å²) in [6.07, 6.45) is 1.96. The molecule has 4 N–H and O–H groups in total. The van der Waals surface area contributed by atoms with Gasteiger partial charge in [-0.1, -0.05) is 53.3 Å². The van der Waals surface area contributed by atoms with E-state index in [0.717, 1.165) is 22.3 Å². The zero-order valence-corrected chi connectivity index (χ0v) is 14.2. The molecule has 0 fully saturated rings. The van der Waals surface area contributed by atoms with Crippen molar-refractivity contribution in [1.29, 1.82) is 0 Å². The molecular formula is C17H16ClN2O3S+. The first-order valence-electron chi connectivity index (χ1n) is 6.96. The Morgan fingerprint density at radius 3 is 2.38 bits per heavy atom. The van der Waals surface area contributed by atoms with Crippen molar-refractivity contribution in [3.05, 3.63) is 76.3 Å². The molecule has 1 aromatic heterocycles. The molecule has 0 bridgehead atoms. The Kier molecular flexibility index (Phi) is 6.17. The van der Waals surface area contributed by atoms with Crippen LogP contribution < -0.4 is 10.3 Å². The summed E-state index contributed by atoms with van der Waals surface area (Å²) in [5, 5.41) is 20.8. The van der Waals surface area contributed by atoms with E-state index in [4.69, 9.17) is 27.5 Å². The molecule has 0 unspecified atom stereocenters. The van der Waals surface area contributed by atoms with Gasteiger partial charge in [-0.25, -0.2) is 9.36 Å². The number of phenols is 1. The molecule has 0 saturated heterocycles. The molecule has 7 heteroatoms. The molecular weight excluding hydrogens is 348 g/mol. The van der Waals surface area contributed by atoms with Crippen LogP contribution in [0.1, 0.15) is 15.9 Å². The minimum atomic E-state index is -1.11. The van der Waals surface area contributed by atoms with Gasteiger partial charge >= 0.3 is 11.1 Å². The number of para-hydroxylation sites is 1. The van der Waals surface area contributed by atoms with Crippen molar-refractivity contribution in [1.82, 2.24) is 0 Å². The number of carbonyl (C=O) groups is 1. The molecule has 0 amide bonds. The fourth-order valence-electron chi connectivity index (χ4n) is 1.91. The summed E-state index contributed by atoms with van der Waals surface area (Å²) in [5.41, 5.74) is 6.80. The molecule has 24 heavy (non-hydrogen) atoms. The van der Waals surface area contributed by atoms with Crippen LogP contribution in [0.5, 0.6) is 5.75 Å². The molecule has 0 aliphatic heterocycles. The molecule has 0 radical (unpaired) electrons. The lowest BCUT2D eigenvalue weighted by Gasteiger charge is -2.01. The number of anilines is 1. The van der Waals surface area contributed by atoms with Crippen LogP contribution in [0.15, 0.2) is 60.1 Å². The lowest BCUT2D eigenvalue weighted by atomic mass is 10.2. The van der Waals surface area contributed by atoms with Gasteiger partial charge in [0.1, 0.15) is 24.1 Å². The van der Waals surface area contributed by atoms with E-state index in [-0.39, 0.29) is 11.3 Å². The van der Waals surface area contributed by atoms with Gasteiger partial charge in [-0.15, -0.1) is 0 Å². The minimum Gasteiger partial charge on any atom is -0.507 e. The third-order valence-corrected chi connectivity index (χ3v) is 4.25. The first kappa shape index (κ1) is 17.8. The number of carboxylic acid groups (broad SMARTS) is 1. The van der Waals surface area contributed by atoms with Crippen LogP contribution in [0, 0.1) is 0 Å². The zero-order chi connectivity index (χ0) is 17.5. The van der Waals surface area contributed by atoms with Crippen molar-refractivity contribution in [3.63, 3.8) is 0 Å². The fourth-order valence-corrected chi connectivity index (χ4v) is 2.71. The topological polar surface area (TPSA) is 87.4 Å². The number of hydrogen-bond acceptors (Lipinski definition) is 4. The van der Waals surface area contributed by atoms with Gasteiger partial charge in [-0.05, 0) is 18.2 Å². The van der Waals surface area contributed by atoms with Crippen molar-refractivity contribution < 1.29 is 19.6 Å². The maximum absolute atomic E-state index is 10.3. The van der Waals surface area contributed by atoms with Gasteiger partial charge in [-0.3, -0.25) is 5.73 Å². The highest BCUT2D eigenvalue weighted by Crippen LogP contribution is 2.15. The Morgan fingerprint density at radius 2 is 1.83 bits per heavy atom. The van der Waals surface area contributed by atoms with Crippen molar-refractivity contribution >= 4 is 34.0 Å². The first-order chi connectivity index (χ1) is 11.5. The summed E-state index contributed by atoms with van der Waals surface area (Å²) in [4.78, 5) is 10.3. The van der Waals surface area contributed by atoms with Gasteiger partial charge in [-0.2, -0.15) is 0 Å². The normalized spacial score (nSPS) is 9.88. The predicted octanol–water partition coefficient (Wildman–Crippen LogP) is 3.41. The number of carboxylic acids is 1. The summed E-state index contributed by atoms with van der Waals surface area (Å²) in [5.74, 6) is -1.31. The predicted molar refractivity (Wildman–Crippen MR) is 94.5 cm³/mol. The first-order valence-corrected chi connectivity index (χ1v) is 8.22. The van der Waals surface area contributed by atoms with E-state index in [1.165, 1.54) is 23.5 Å². The molecule has 0 aliphatic carbocycles. The second kappa shape index (κ2) is 8.33. The zero-order valence-electron chi connectivity index (χ0n) is 12.6. The van der Waals surface area contributed by atoms with Gasteiger partial charge in [0.05, 0.1) is 0 Å². The monoisotopic (exact) mass is 363 g/mol. The van der Waals surface area contributed by atoms with Crippen molar-refractivity contribution in [2.45, 2.75) is 6.54 Å². The average Bonchev–Trinajstić information content (AvgIpc) is 2.95. The van der Waals surface area contributed by atoms with Crippen LogP contribution in [-0.4, -0.2) is 16.2 Å². The van der Waals surface area contributed by atoms with Crippen molar-refractivity contribution in [2.75, 3.05) is 5.73 Å². The lowest BCUT2D eigenvalue weighted by Crippen LogP contribution is -2.34. The Balaban J connectivity index is 0.000000185. The number of aromatic hydroxyl groups is 1. The number of aromatic nitrogens is 1. The molecule has 124 valence electrons. The van der Waals surface area contributed by atoms with Crippen LogP contribution in [0.2, 0.25) is 5.02 Å². The van der Waals surface area contributed by atoms with E-state index in [1.807, 2.05) is 40.4 Å². The lowest BCUT2D eigenvalue weighted by molar-refractivity contribution is -0.669. The molecule has 0 spiro atoms. The highest BCUT2D eigenvalue weighted by Gasteiger charge is 2.08. The Morgan fingerprint density at radius 1 is 1.17 bits per heavy atom. The highest BCUT2D eigenvalue weighted by atomic mass is 35.5. The molecule has 0 atom stereocenters. The van der Waals surface area contributed by atoms with Gasteiger partial charge < -0.3 is 10.2 Å². The number of rotatable bonds is 3. The molecule has 1 heterocycles. The Labute approximate surface area is 148 Å². The van der Waals surface area contributed by atoms with E-state index < -0.39 is 5.97 Å². The van der Waals surface area contributed by atoms with Crippen molar-refractivity contribution in [2.24, 2.45) is 0 Å². The molecule has 3 rings (SSSR count). The third kappa shape index (κ3) is 4.71. The SMILES string of the molecule is Nc1scc[n+]1Cc1ccccc1Cl.O=C(O)c1ccccc1O. The summed E-state index contributed by atoms with van der Waals surface area (Å²) in [7, 11) is 0. The Hall–Kier alpha value is -2.57. The maximum atomic E-state index is 10.3. The van der Waals surface area contributed by atoms with Gasteiger partial charge in [0, 0.05) is 16.0 Å². The van der Waals surface area contributed by atoms with E-state index in [1.54, 1.807) is 12.1 Å². The van der Waals surface area contributed by atoms with Gasteiger partial charge in [0.2, 0.25) is 0 Å². The van der Waals surface area contributed by atoms with Crippen LogP contribution in [0.3, 0.4) is 0 Å². The average molecular weight is 364 g/mol. The number of nitrogens with two attached hydrogens (primary N) is 1. The number of nitrogens with zero attached hydrogens (tertiary/aromatic N) is 1. The maximum Gasteiger partial charge on any atom is 0.339 e. The third-order valence-electron chi connectivity index (χ3n) is 3.15. The number of benzene rings is 2. The quantitative estimate of drug-likeness (QED) is 0.622. The summed E-state index contributed by atoms with van der Waals surface area (Å²) in [6.45, 7) is 0.731. The van der Waals surface area contributed by atoms with E-state index in [9.17, 15) is 4.79 Å². The van der Waals surface area contributed by atoms with E-state index in [0.29, 0.717) is 0 Å². The number of hydrogen-bond donors (Lipinski definition) is 3. The molecule has 3 aromatic rings. The van der Waals surface area contributed by atoms with Crippen LogP contribution in [-0.2, 0) is 6.54 Å². The van der Waals surface area contributed by atoms with Crippen LogP contribution in [0.25, 0.3) is 0 Å². The molecule has 5 nitrogen and oxygen atoms in total. The summed E-state index contributed by atoms with van der Waals surface area (Å²) < 4.78 is 1.98. The number of aromatic carboxylic acids is 1. The van der Waals surface area contributed by atoms with Gasteiger partial charge in [0.15, 0.2) is 0 Å². The minimum absolute atomic E-state index is 0.0671. The summed E-state index contributed by atoms with van der Waals surface area (Å²) in [6, 6.07) is 13.6. The smallest absolute Gasteiger partial charge is 0.339 e.